The predicted octanol–water partition coefficient (Wildman–Crippen LogP) is 6.03. The largest absolute Gasteiger partial charge is 0.385 e. The smallest absolute Gasteiger partial charge is 0.0469 e. The molecule has 3 rings (SSSR count). The van der Waals surface area contributed by atoms with Crippen LogP contribution in [0.15, 0.2) is 54.9 Å². The molecule has 3 heteroatoms. The standard InChI is InChI=1S/C14H19N.C13H24N2/c1-5-14(15-6-2)12(4)13-9-7-8-11(3)10-13;1-11(15-9-5-6-10-15)13(14)12-7-3-2-4-8-12/h5,7-10,15H,4,6H2,1-3H3;12-13H,1-10,14H2/b14-5-;. The van der Waals surface area contributed by atoms with Gasteiger partial charge in [-0.05, 0) is 63.5 Å². The van der Waals surface area contributed by atoms with E-state index in [0.29, 0.717) is 5.92 Å². The van der Waals surface area contributed by atoms with Crippen LogP contribution in [0.3, 0.4) is 0 Å². The van der Waals surface area contributed by atoms with Crippen LogP contribution in [-0.4, -0.2) is 30.6 Å². The number of aryl methyl sites for hydroxylation is 1. The van der Waals surface area contributed by atoms with E-state index >= 15 is 0 Å². The lowest BCUT2D eigenvalue weighted by molar-refractivity contribution is 0.283. The number of nitrogens with two attached hydrogens (primary N) is 1. The van der Waals surface area contributed by atoms with Crippen LogP contribution in [0.5, 0.6) is 0 Å². The van der Waals surface area contributed by atoms with Gasteiger partial charge in [-0.1, -0.05) is 68.3 Å². The Hall–Kier alpha value is -2.00. The second-order valence-electron chi connectivity index (χ2n) is 8.69. The van der Waals surface area contributed by atoms with Gasteiger partial charge in [0.25, 0.3) is 0 Å². The zero-order valence-electron chi connectivity index (χ0n) is 19.6. The van der Waals surface area contributed by atoms with Crippen LogP contribution in [0, 0.1) is 12.8 Å². The molecule has 1 aliphatic heterocycles. The highest BCUT2D eigenvalue weighted by atomic mass is 15.2. The monoisotopic (exact) mass is 409 g/mol. The minimum Gasteiger partial charge on any atom is -0.385 e. The zero-order chi connectivity index (χ0) is 21.9. The molecule has 1 unspecified atom stereocenters. The fourth-order valence-corrected chi connectivity index (χ4v) is 4.54. The molecular formula is C27H43N3. The van der Waals surface area contributed by atoms with Crippen molar-refractivity contribution < 1.29 is 0 Å². The first-order chi connectivity index (χ1) is 14.5. The third-order valence-electron chi connectivity index (χ3n) is 6.40. The summed E-state index contributed by atoms with van der Waals surface area (Å²) in [5.74, 6) is 0.701. The van der Waals surface area contributed by atoms with Gasteiger partial charge in [0, 0.05) is 37.1 Å². The minimum atomic E-state index is 0.225. The third-order valence-corrected chi connectivity index (χ3v) is 6.40. The van der Waals surface area contributed by atoms with E-state index in [1.807, 2.05) is 6.92 Å². The number of likely N-dealkylation sites (N-methyl/N-ethyl adjacent to an activating group) is 1. The highest BCUT2D eigenvalue weighted by molar-refractivity contribution is 5.76. The summed E-state index contributed by atoms with van der Waals surface area (Å²) in [7, 11) is 0. The molecule has 0 bridgehead atoms. The van der Waals surface area contributed by atoms with E-state index in [9.17, 15) is 0 Å². The van der Waals surface area contributed by atoms with Gasteiger partial charge in [0.15, 0.2) is 0 Å². The summed E-state index contributed by atoms with van der Waals surface area (Å²) >= 11 is 0. The molecule has 166 valence electrons. The number of nitrogens with zero attached hydrogens (tertiary/aromatic N) is 1. The fourth-order valence-electron chi connectivity index (χ4n) is 4.54. The summed E-state index contributed by atoms with van der Waals surface area (Å²) < 4.78 is 0. The van der Waals surface area contributed by atoms with Crippen LogP contribution < -0.4 is 11.1 Å². The number of nitrogens with one attached hydrogen (secondary N) is 1. The van der Waals surface area contributed by atoms with E-state index in [1.54, 1.807) is 0 Å². The Bertz CT molecular complexity index is 707. The molecule has 0 aromatic heterocycles. The maximum Gasteiger partial charge on any atom is 0.0469 e. The summed E-state index contributed by atoms with van der Waals surface area (Å²) in [5, 5.41) is 3.31. The molecule has 1 aliphatic carbocycles. The summed E-state index contributed by atoms with van der Waals surface area (Å²) in [6.07, 6.45) is 11.5. The van der Waals surface area contributed by atoms with Crippen molar-refractivity contribution in [2.75, 3.05) is 19.6 Å². The Balaban J connectivity index is 0.000000214. The zero-order valence-corrected chi connectivity index (χ0v) is 19.6. The van der Waals surface area contributed by atoms with Crippen LogP contribution in [0.1, 0.15) is 69.9 Å². The normalized spacial score (nSPS) is 18.4. The highest BCUT2D eigenvalue weighted by Gasteiger charge is 2.26. The van der Waals surface area contributed by atoms with Crippen LogP contribution >= 0.6 is 0 Å². The van der Waals surface area contributed by atoms with E-state index in [-0.39, 0.29) is 6.04 Å². The van der Waals surface area contributed by atoms with Crippen molar-refractivity contribution >= 4 is 5.57 Å². The number of rotatable bonds is 7. The molecule has 0 radical (unpaired) electrons. The molecule has 0 spiro atoms. The van der Waals surface area contributed by atoms with Crippen molar-refractivity contribution in [2.24, 2.45) is 11.7 Å². The van der Waals surface area contributed by atoms with Crippen LogP contribution in [0.2, 0.25) is 0 Å². The predicted molar refractivity (Wildman–Crippen MR) is 132 cm³/mol. The van der Waals surface area contributed by atoms with E-state index < -0.39 is 0 Å². The van der Waals surface area contributed by atoms with Gasteiger partial charge >= 0.3 is 0 Å². The number of benzene rings is 1. The van der Waals surface area contributed by atoms with Gasteiger partial charge in [-0.25, -0.2) is 0 Å². The van der Waals surface area contributed by atoms with Gasteiger partial charge in [0.05, 0.1) is 0 Å². The SMILES string of the molecule is C=C(/C(=C/C)NCC)c1cccc(C)c1.C=C(C(N)C1CCCCC1)N1CCCC1. The van der Waals surface area contributed by atoms with Gasteiger partial charge in [0.1, 0.15) is 0 Å². The Morgan fingerprint density at radius 3 is 2.40 bits per heavy atom. The van der Waals surface area contributed by atoms with E-state index in [0.717, 1.165) is 17.8 Å². The molecule has 3 N–H and O–H groups in total. The van der Waals surface area contributed by atoms with Crippen LogP contribution in [0.4, 0.5) is 0 Å². The topological polar surface area (TPSA) is 41.3 Å². The number of allylic oxidation sites excluding steroid dienone is 2. The Morgan fingerprint density at radius 2 is 1.83 bits per heavy atom. The van der Waals surface area contributed by atoms with Gasteiger partial charge in [-0.15, -0.1) is 0 Å². The fraction of sp³-hybridized carbons (Fsp3) is 0.556. The summed E-state index contributed by atoms with van der Waals surface area (Å²) in [5.41, 5.74) is 12.2. The van der Waals surface area contributed by atoms with Crippen molar-refractivity contribution in [2.45, 2.75) is 71.8 Å². The molecule has 1 aromatic rings. The first kappa shape index (κ1) is 24.3. The van der Waals surface area contributed by atoms with Crippen LogP contribution in [0.25, 0.3) is 5.57 Å². The molecule has 2 fully saturated rings. The third kappa shape index (κ3) is 7.05. The van der Waals surface area contributed by atoms with Crippen molar-refractivity contribution in [1.82, 2.24) is 10.2 Å². The van der Waals surface area contributed by atoms with Crippen molar-refractivity contribution in [1.29, 1.82) is 0 Å². The Kier molecular flexibility index (Phi) is 10.2. The van der Waals surface area contributed by atoms with Gasteiger partial charge in [-0.3, -0.25) is 0 Å². The molecule has 30 heavy (non-hydrogen) atoms. The maximum atomic E-state index is 6.33. The average molecular weight is 410 g/mol. The lowest BCUT2D eigenvalue weighted by atomic mass is 9.83. The molecule has 1 saturated heterocycles. The van der Waals surface area contributed by atoms with Gasteiger partial charge < -0.3 is 16.0 Å². The van der Waals surface area contributed by atoms with Gasteiger partial charge in [0.2, 0.25) is 0 Å². The second kappa shape index (κ2) is 12.6. The second-order valence-corrected chi connectivity index (χ2v) is 8.69. The summed E-state index contributed by atoms with van der Waals surface area (Å²) in [6.45, 7) is 17.8. The first-order valence-electron chi connectivity index (χ1n) is 11.8. The molecule has 1 aromatic carbocycles. The van der Waals surface area contributed by atoms with Crippen LogP contribution in [-0.2, 0) is 0 Å². The number of hydrogen-bond donors (Lipinski definition) is 2. The van der Waals surface area contributed by atoms with E-state index in [4.69, 9.17) is 5.73 Å². The molecule has 1 heterocycles. The summed E-state index contributed by atoms with van der Waals surface area (Å²) in [4.78, 5) is 2.40. The highest BCUT2D eigenvalue weighted by Crippen LogP contribution is 2.29. The maximum absolute atomic E-state index is 6.33. The van der Waals surface area contributed by atoms with E-state index in [2.05, 4.69) is 67.6 Å². The average Bonchev–Trinajstić information content (AvgIpc) is 3.32. The van der Waals surface area contributed by atoms with Crippen molar-refractivity contribution in [3.8, 4) is 0 Å². The molecular weight excluding hydrogens is 366 g/mol. The van der Waals surface area contributed by atoms with Gasteiger partial charge in [-0.2, -0.15) is 0 Å². The molecule has 2 aliphatic rings. The Labute approximate surface area is 185 Å². The summed E-state index contributed by atoms with van der Waals surface area (Å²) in [6, 6.07) is 8.64. The molecule has 3 nitrogen and oxygen atoms in total. The lowest BCUT2D eigenvalue weighted by Gasteiger charge is -2.33. The Morgan fingerprint density at radius 1 is 1.17 bits per heavy atom. The first-order valence-corrected chi connectivity index (χ1v) is 11.8. The number of likely N-dealkylation sites (tertiary alicyclic amines) is 1. The number of hydrogen-bond acceptors (Lipinski definition) is 3. The minimum absolute atomic E-state index is 0.225. The molecule has 1 saturated carbocycles. The molecule has 1 atom stereocenters. The molecule has 0 amide bonds. The van der Waals surface area contributed by atoms with Crippen molar-refractivity contribution in [3.63, 3.8) is 0 Å². The quantitative estimate of drug-likeness (QED) is 0.541. The van der Waals surface area contributed by atoms with E-state index in [1.165, 1.54) is 74.9 Å². The van der Waals surface area contributed by atoms with Crippen molar-refractivity contribution in [3.05, 3.63) is 66.0 Å². The lowest BCUT2D eigenvalue weighted by Crippen LogP contribution is -2.39.